The minimum Gasteiger partial charge on any atom is -0.390 e. The number of aliphatic hydroxyl groups is 1. The van der Waals surface area contributed by atoms with E-state index < -0.39 is 6.43 Å². The van der Waals surface area contributed by atoms with Crippen LogP contribution in [0.1, 0.15) is 28.9 Å². The van der Waals surface area contributed by atoms with Crippen LogP contribution in [0.2, 0.25) is 0 Å². The molecule has 0 fully saturated rings. The number of nitrogens with two attached hydrogens (primary N) is 1. The Kier molecular flexibility index (Phi) is 3.49. The summed E-state index contributed by atoms with van der Waals surface area (Å²) in [6, 6.07) is 1.21. The summed E-state index contributed by atoms with van der Waals surface area (Å²) in [5.41, 5.74) is 6.29. The van der Waals surface area contributed by atoms with E-state index in [1.807, 2.05) is 0 Å². The summed E-state index contributed by atoms with van der Waals surface area (Å²) in [5, 5.41) is 8.81. The molecule has 1 aromatic rings. The van der Waals surface area contributed by atoms with Crippen molar-refractivity contribution in [2.24, 2.45) is 5.73 Å². The first-order valence-corrected chi connectivity index (χ1v) is 4.18. The SMILES string of the molecule is Cc1c(C(F)F)cc(CO)nc1CN. The molecule has 0 aliphatic heterocycles. The molecule has 1 aromatic heterocycles. The average Bonchev–Trinajstić information content (AvgIpc) is 2.17. The Balaban J connectivity index is 3.27. The van der Waals surface area contributed by atoms with E-state index in [1.165, 1.54) is 6.07 Å². The van der Waals surface area contributed by atoms with E-state index in [4.69, 9.17) is 10.8 Å². The van der Waals surface area contributed by atoms with Gasteiger partial charge in [0.25, 0.3) is 6.43 Å². The molecule has 3 nitrogen and oxygen atoms in total. The van der Waals surface area contributed by atoms with Crippen LogP contribution in [0.3, 0.4) is 0 Å². The summed E-state index contributed by atoms with van der Waals surface area (Å²) < 4.78 is 25.0. The normalized spacial score (nSPS) is 11.0. The van der Waals surface area contributed by atoms with Crippen molar-refractivity contribution < 1.29 is 13.9 Å². The highest BCUT2D eigenvalue weighted by Crippen LogP contribution is 2.24. The lowest BCUT2D eigenvalue weighted by Crippen LogP contribution is -2.08. The maximum atomic E-state index is 12.5. The molecule has 0 saturated heterocycles. The zero-order chi connectivity index (χ0) is 10.7. The molecule has 0 saturated carbocycles. The predicted molar refractivity (Wildman–Crippen MR) is 47.7 cm³/mol. The zero-order valence-electron chi connectivity index (χ0n) is 7.80. The largest absolute Gasteiger partial charge is 0.390 e. The van der Waals surface area contributed by atoms with Crippen LogP contribution in [0.25, 0.3) is 0 Å². The van der Waals surface area contributed by atoms with Gasteiger partial charge in [-0.25, -0.2) is 8.78 Å². The Bertz CT molecular complexity index is 329. The van der Waals surface area contributed by atoms with E-state index >= 15 is 0 Å². The third kappa shape index (κ3) is 2.05. The summed E-state index contributed by atoms with van der Waals surface area (Å²) in [4.78, 5) is 3.94. The van der Waals surface area contributed by atoms with E-state index in [0.717, 1.165) is 0 Å². The lowest BCUT2D eigenvalue weighted by molar-refractivity contribution is 0.150. The Labute approximate surface area is 80.6 Å². The summed E-state index contributed by atoms with van der Waals surface area (Å²) in [6.07, 6.45) is -2.56. The van der Waals surface area contributed by atoms with E-state index in [-0.39, 0.29) is 24.4 Å². The summed E-state index contributed by atoms with van der Waals surface area (Å²) >= 11 is 0. The summed E-state index contributed by atoms with van der Waals surface area (Å²) in [6.45, 7) is 1.30. The zero-order valence-corrected chi connectivity index (χ0v) is 7.80. The second-order valence-electron chi connectivity index (χ2n) is 2.94. The summed E-state index contributed by atoms with van der Waals surface area (Å²) in [7, 11) is 0. The number of halogens is 2. The molecule has 0 aliphatic rings. The standard InChI is InChI=1S/C9H12F2N2O/c1-5-7(9(10)11)2-6(4-14)13-8(5)3-12/h2,9,14H,3-4,12H2,1H3. The number of hydrogen-bond acceptors (Lipinski definition) is 3. The second kappa shape index (κ2) is 4.43. The van der Waals surface area contributed by atoms with Gasteiger partial charge in [0, 0.05) is 12.1 Å². The average molecular weight is 202 g/mol. The van der Waals surface area contributed by atoms with Crippen molar-refractivity contribution in [2.75, 3.05) is 0 Å². The van der Waals surface area contributed by atoms with E-state index in [9.17, 15) is 8.78 Å². The van der Waals surface area contributed by atoms with Crippen molar-refractivity contribution in [2.45, 2.75) is 26.5 Å². The van der Waals surface area contributed by atoms with Gasteiger partial charge in [-0.15, -0.1) is 0 Å². The minimum atomic E-state index is -2.56. The highest BCUT2D eigenvalue weighted by molar-refractivity contribution is 5.32. The van der Waals surface area contributed by atoms with Crippen molar-refractivity contribution in [3.63, 3.8) is 0 Å². The van der Waals surface area contributed by atoms with Gasteiger partial charge < -0.3 is 10.8 Å². The van der Waals surface area contributed by atoms with Gasteiger partial charge in [-0.3, -0.25) is 4.98 Å². The molecule has 1 heterocycles. The predicted octanol–water partition coefficient (Wildman–Crippen LogP) is 1.28. The molecule has 0 atom stereocenters. The number of alkyl halides is 2. The van der Waals surface area contributed by atoms with E-state index in [2.05, 4.69) is 4.98 Å². The van der Waals surface area contributed by atoms with E-state index in [1.54, 1.807) is 6.92 Å². The first-order valence-electron chi connectivity index (χ1n) is 4.18. The lowest BCUT2D eigenvalue weighted by Gasteiger charge is -2.10. The maximum Gasteiger partial charge on any atom is 0.264 e. The molecular weight excluding hydrogens is 190 g/mol. The van der Waals surface area contributed by atoms with Crippen LogP contribution < -0.4 is 5.73 Å². The summed E-state index contributed by atoms with van der Waals surface area (Å²) in [5.74, 6) is 0. The fourth-order valence-corrected chi connectivity index (χ4v) is 1.25. The van der Waals surface area contributed by atoms with Gasteiger partial charge in [-0.2, -0.15) is 0 Å². The first-order chi connectivity index (χ1) is 6.60. The third-order valence-electron chi connectivity index (χ3n) is 2.06. The molecular formula is C9H12F2N2O. The Hall–Kier alpha value is -1.07. The molecule has 3 N–H and O–H groups in total. The molecule has 1 rings (SSSR count). The van der Waals surface area contributed by atoms with Crippen LogP contribution in [0, 0.1) is 6.92 Å². The van der Waals surface area contributed by atoms with Crippen molar-refractivity contribution in [3.05, 3.63) is 28.6 Å². The van der Waals surface area contributed by atoms with E-state index in [0.29, 0.717) is 11.3 Å². The third-order valence-corrected chi connectivity index (χ3v) is 2.06. The lowest BCUT2D eigenvalue weighted by atomic mass is 10.1. The second-order valence-corrected chi connectivity index (χ2v) is 2.94. The number of aliphatic hydroxyl groups excluding tert-OH is 1. The Morgan fingerprint density at radius 1 is 1.57 bits per heavy atom. The van der Waals surface area contributed by atoms with Crippen LogP contribution in [0.15, 0.2) is 6.07 Å². The van der Waals surface area contributed by atoms with Crippen molar-refractivity contribution >= 4 is 0 Å². The van der Waals surface area contributed by atoms with Crippen molar-refractivity contribution in [1.82, 2.24) is 4.98 Å². The highest BCUT2D eigenvalue weighted by atomic mass is 19.3. The van der Waals surface area contributed by atoms with Crippen LogP contribution in [-0.4, -0.2) is 10.1 Å². The monoisotopic (exact) mass is 202 g/mol. The van der Waals surface area contributed by atoms with Gasteiger partial charge >= 0.3 is 0 Å². The molecule has 0 aliphatic carbocycles. The smallest absolute Gasteiger partial charge is 0.264 e. The number of hydrogen-bond donors (Lipinski definition) is 2. The fourth-order valence-electron chi connectivity index (χ4n) is 1.25. The number of aromatic nitrogens is 1. The Morgan fingerprint density at radius 3 is 2.64 bits per heavy atom. The van der Waals surface area contributed by atoms with Gasteiger partial charge in [0.15, 0.2) is 0 Å². The first kappa shape index (κ1) is 11.0. The van der Waals surface area contributed by atoms with Gasteiger partial charge in [-0.1, -0.05) is 0 Å². The molecule has 78 valence electrons. The molecule has 5 heteroatoms. The molecule has 0 amide bonds. The Morgan fingerprint density at radius 2 is 2.21 bits per heavy atom. The van der Waals surface area contributed by atoms with Crippen LogP contribution in [0.4, 0.5) is 8.78 Å². The van der Waals surface area contributed by atoms with Gasteiger partial charge in [0.05, 0.1) is 18.0 Å². The maximum absolute atomic E-state index is 12.5. The topological polar surface area (TPSA) is 59.1 Å². The van der Waals surface area contributed by atoms with Crippen LogP contribution >= 0.6 is 0 Å². The molecule has 0 spiro atoms. The van der Waals surface area contributed by atoms with Gasteiger partial charge in [0.2, 0.25) is 0 Å². The van der Waals surface area contributed by atoms with Gasteiger partial charge in [-0.05, 0) is 18.6 Å². The quantitative estimate of drug-likeness (QED) is 0.776. The number of pyridine rings is 1. The van der Waals surface area contributed by atoms with Gasteiger partial charge in [0.1, 0.15) is 0 Å². The fraction of sp³-hybridized carbons (Fsp3) is 0.444. The molecule has 0 unspecified atom stereocenters. The molecule has 0 bridgehead atoms. The van der Waals surface area contributed by atoms with Crippen LogP contribution in [-0.2, 0) is 13.2 Å². The highest BCUT2D eigenvalue weighted by Gasteiger charge is 2.15. The van der Waals surface area contributed by atoms with Crippen molar-refractivity contribution in [3.8, 4) is 0 Å². The number of nitrogens with zero attached hydrogens (tertiary/aromatic N) is 1. The molecule has 0 radical (unpaired) electrons. The van der Waals surface area contributed by atoms with Crippen LogP contribution in [0.5, 0.6) is 0 Å². The molecule has 14 heavy (non-hydrogen) atoms. The minimum absolute atomic E-state index is 0.0966. The number of rotatable bonds is 3. The van der Waals surface area contributed by atoms with Crippen molar-refractivity contribution in [1.29, 1.82) is 0 Å². The molecule has 0 aromatic carbocycles.